The number of alkyl halides is 4. The van der Waals surface area contributed by atoms with Gasteiger partial charge in [-0.2, -0.15) is 0 Å². The minimum Gasteiger partial charge on any atom is -0.445 e. The Hall–Kier alpha value is -7.51. The standard InChI is InChI=1S/C39H45F2N5O4S.C31H39F2N5O2S.C3H3ClO.CH4.BrH/c1-6-33(47)44-18-10-17-39(24-44)20-28(21-39)46-30-14-13-27(19-29(30)42-36(46)43-35(48)32-16-15-31(51-32)34(40)41)22-45(25(2)38(3,4)5)37(49)50-23-26-11-8-7-9-12-26;1-6-26(39)37-13-7-12-31(18-37)15-21(16-31)38-23-9-8-20(17-34-19(2)30(3,4)5)14-22(23)35-29(38)36-28(40)25-11-10-24(41-25)27(32)33;1-2-3(4)5;;/h6-9,11-16,19,25,28,34H,1,10,17-18,20-24H2,2-5H3,(H,42,43,48);6,8-11,14,19,21,27,34H,1,7,12-13,15-18H2,2-5H3,(H,35,36,40);2H,1H2;1H4;1H/t25-,28?,39?;19-,21?,31?;;;/m00.../s1. The number of carbonyl (C=O) groups is 6. The Kier molecular flexibility index (Phi) is 26.5. The minimum atomic E-state index is -2.66. The van der Waals surface area contributed by atoms with Gasteiger partial charge in [-0.1, -0.05) is 111 Å². The average Bonchev–Trinajstić information content (AvgIpc) is 1.71. The van der Waals surface area contributed by atoms with Crippen LogP contribution in [-0.2, 0) is 38.8 Å². The van der Waals surface area contributed by atoms with Gasteiger partial charge in [-0.25, -0.2) is 32.3 Å². The van der Waals surface area contributed by atoms with Crippen LogP contribution in [0.3, 0.4) is 0 Å². The van der Waals surface area contributed by atoms with E-state index in [-0.39, 0.29) is 109 Å². The molecule has 3 aromatic carbocycles. The summed E-state index contributed by atoms with van der Waals surface area (Å²) in [5.74, 6) is -0.312. The third kappa shape index (κ3) is 19.1. The number of nitrogens with one attached hydrogen (secondary N) is 3. The molecule has 6 heterocycles. The lowest BCUT2D eigenvalue weighted by Crippen LogP contribution is -2.52. The molecule has 2 saturated carbocycles. The number of ether oxygens (including phenoxy) is 1. The van der Waals surface area contributed by atoms with E-state index in [2.05, 4.69) is 101 Å². The summed E-state index contributed by atoms with van der Waals surface area (Å²) in [6, 6.07) is 27.2. The van der Waals surface area contributed by atoms with Crippen LogP contribution in [0.2, 0.25) is 0 Å². The van der Waals surface area contributed by atoms with Crippen LogP contribution in [0.25, 0.3) is 22.1 Å². The normalized spacial score (nSPS) is 19.4. The topological polar surface area (TPSA) is 193 Å². The van der Waals surface area contributed by atoms with Crippen molar-refractivity contribution in [2.24, 2.45) is 21.7 Å². The molecular weight excluding hydrogens is 1400 g/mol. The van der Waals surface area contributed by atoms with Gasteiger partial charge >= 0.3 is 6.09 Å². The van der Waals surface area contributed by atoms with Crippen LogP contribution in [0.5, 0.6) is 0 Å². The molecule has 0 bridgehead atoms. The van der Waals surface area contributed by atoms with Gasteiger partial charge in [0.15, 0.2) is 0 Å². The van der Waals surface area contributed by atoms with E-state index in [0.29, 0.717) is 49.6 Å². The Morgan fingerprint density at radius 2 is 1.10 bits per heavy atom. The van der Waals surface area contributed by atoms with Gasteiger partial charge in [0, 0.05) is 63.4 Å². The second-order valence-corrected chi connectivity index (χ2v) is 30.7. The summed E-state index contributed by atoms with van der Waals surface area (Å²) in [5, 5.41) is 8.91. The van der Waals surface area contributed by atoms with Crippen molar-refractivity contribution in [2.75, 3.05) is 36.8 Å². The summed E-state index contributed by atoms with van der Waals surface area (Å²) in [4.78, 5) is 89.5. The first-order chi connectivity index (χ1) is 45.9. The molecule has 534 valence electrons. The van der Waals surface area contributed by atoms with Crippen LogP contribution >= 0.6 is 51.3 Å². The van der Waals surface area contributed by atoms with E-state index in [0.717, 1.165) is 120 Å². The van der Waals surface area contributed by atoms with Crippen LogP contribution in [0.15, 0.2) is 129 Å². The van der Waals surface area contributed by atoms with Crippen molar-refractivity contribution in [1.29, 1.82) is 0 Å². The highest BCUT2D eigenvalue weighted by atomic mass is 79.9. The zero-order valence-corrected chi connectivity index (χ0v) is 60.8. The molecule has 2 aliphatic carbocycles. The molecule has 4 aromatic heterocycles. The molecule has 4 fully saturated rings. The minimum absolute atomic E-state index is 0. The van der Waals surface area contributed by atoms with Gasteiger partial charge in [-0.3, -0.25) is 34.6 Å². The zero-order chi connectivity index (χ0) is 70.3. The number of aromatic nitrogens is 4. The number of allylic oxidation sites excluding steroid dienone is 1. The molecule has 2 spiro atoms. The van der Waals surface area contributed by atoms with Gasteiger partial charge in [0.2, 0.25) is 29.0 Å². The van der Waals surface area contributed by atoms with E-state index in [1.165, 1.54) is 36.4 Å². The van der Waals surface area contributed by atoms with E-state index < -0.39 is 36.0 Å². The van der Waals surface area contributed by atoms with Crippen molar-refractivity contribution in [3.8, 4) is 0 Å². The smallest absolute Gasteiger partial charge is 0.410 e. The Morgan fingerprint density at radius 3 is 1.51 bits per heavy atom. The average molecular weight is 1490 g/mol. The lowest BCUT2D eigenvalue weighted by atomic mass is 9.61. The van der Waals surface area contributed by atoms with E-state index in [9.17, 15) is 46.3 Å². The molecule has 17 nitrogen and oxygen atoms in total. The summed E-state index contributed by atoms with van der Waals surface area (Å²) in [7, 11) is 0. The number of hydrogen-bond donors (Lipinski definition) is 3. The molecule has 0 unspecified atom stereocenters. The summed E-state index contributed by atoms with van der Waals surface area (Å²) < 4.78 is 62.8. The first-order valence-corrected chi connectivity index (χ1v) is 34.7. The fourth-order valence-electron chi connectivity index (χ4n) is 13.3. The van der Waals surface area contributed by atoms with Crippen LogP contribution in [-0.4, -0.2) is 107 Å². The summed E-state index contributed by atoms with van der Waals surface area (Å²) >= 11 is 6.25. The number of piperidine rings is 2. The lowest BCUT2D eigenvalue weighted by molar-refractivity contribution is -0.133. The molecular formula is C74H92BrClF4N10O7S2. The Labute approximate surface area is 601 Å². The van der Waals surface area contributed by atoms with Gasteiger partial charge in [0.05, 0.1) is 41.6 Å². The molecule has 4 aliphatic rings. The number of anilines is 2. The summed E-state index contributed by atoms with van der Waals surface area (Å²) in [6.07, 6.45) is 5.31. The lowest BCUT2D eigenvalue weighted by Gasteiger charge is -2.53. The first kappa shape index (κ1) is 78.8. The van der Waals surface area contributed by atoms with Crippen molar-refractivity contribution >= 4 is 120 Å². The number of halogens is 6. The molecule has 11 rings (SSSR count). The largest absolute Gasteiger partial charge is 0.445 e. The molecule has 25 heteroatoms. The number of imidazole rings is 2. The second kappa shape index (κ2) is 33.3. The summed E-state index contributed by atoms with van der Waals surface area (Å²) in [6.45, 7) is 31.3. The van der Waals surface area contributed by atoms with Crippen molar-refractivity contribution in [3.63, 3.8) is 0 Å². The second-order valence-electron chi connectivity index (χ2n) is 28.1. The Bertz CT molecular complexity index is 4040. The number of amides is 5. The van der Waals surface area contributed by atoms with E-state index in [1.54, 1.807) is 4.90 Å². The number of thiophene rings is 2. The third-order valence-electron chi connectivity index (χ3n) is 19.4. The fourth-order valence-corrected chi connectivity index (χ4v) is 14.8. The van der Waals surface area contributed by atoms with Gasteiger partial charge in [0.25, 0.3) is 24.7 Å². The fraction of sp³-hybridized carbons (Fsp3) is 0.459. The Morgan fingerprint density at radius 1 is 0.657 bits per heavy atom. The maximum Gasteiger partial charge on any atom is 0.410 e. The monoisotopic (exact) mass is 1490 g/mol. The molecule has 7 aromatic rings. The van der Waals surface area contributed by atoms with E-state index in [1.807, 2.05) is 75.9 Å². The molecule has 99 heavy (non-hydrogen) atoms. The van der Waals surface area contributed by atoms with Crippen molar-refractivity contribution in [2.45, 2.75) is 171 Å². The van der Waals surface area contributed by atoms with Gasteiger partial charge in [0.1, 0.15) is 6.61 Å². The zero-order valence-electron chi connectivity index (χ0n) is 56.7. The number of likely N-dealkylation sites (tertiary alicyclic amines) is 2. The maximum absolute atomic E-state index is 13.6. The highest BCUT2D eigenvalue weighted by Crippen LogP contribution is 2.56. The van der Waals surface area contributed by atoms with Crippen LogP contribution in [0.4, 0.5) is 34.3 Å². The van der Waals surface area contributed by atoms with Crippen molar-refractivity contribution < 1.29 is 51.1 Å². The highest BCUT2D eigenvalue weighted by Gasteiger charge is 2.50. The number of fused-ring (bicyclic) bond motifs is 2. The molecule has 3 N–H and O–H groups in total. The number of rotatable bonds is 19. The number of benzene rings is 3. The predicted molar refractivity (Wildman–Crippen MR) is 392 cm³/mol. The van der Waals surface area contributed by atoms with Gasteiger partial charge in [-0.05, 0) is 182 Å². The summed E-state index contributed by atoms with van der Waals surface area (Å²) in [5.41, 5.74) is 5.86. The molecule has 2 atom stereocenters. The number of hydrogen-bond acceptors (Lipinski definition) is 12. The predicted octanol–water partition coefficient (Wildman–Crippen LogP) is 18.1. The van der Waals surface area contributed by atoms with Crippen LogP contribution in [0.1, 0.15) is 185 Å². The van der Waals surface area contributed by atoms with E-state index in [4.69, 9.17) is 26.3 Å². The van der Waals surface area contributed by atoms with E-state index >= 15 is 0 Å². The maximum atomic E-state index is 13.6. The third-order valence-corrected chi connectivity index (χ3v) is 21.7. The number of nitrogens with zero attached hydrogens (tertiary/aromatic N) is 7. The van der Waals surface area contributed by atoms with Crippen LogP contribution < -0.4 is 16.0 Å². The number of carbonyl (C=O) groups excluding carboxylic acids is 6. The first-order valence-electron chi connectivity index (χ1n) is 32.7. The molecule has 2 saturated heterocycles. The molecule has 2 aliphatic heterocycles. The van der Waals surface area contributed by atoms with Crippen molar-refractivity contribution in [1.82, 2.24) is 39.1 Å². The molecule has 5 amide bonds. The Balaban J connectivity index is 0.000000261. The van der Waals surface area contributed by atoms with Crippen molar-refractivity contribution in [3.05, 3.63) is 165 Å². The molecule has 0 radical (unpaired) electrons. The van der Waals surface area contributed by atoms with Gasteiger partial charge in [-0.15, -0.1) is 39.7 Å². The van der Waals surface area contributed by atoms with Gasteiger partial charge < -0.3 is 33.9 Å². The van der Waals surface area contributed by atoms with Crippen LogP contribution in [0, 0.1) is 21.7 Å². The quantitative estimate of drug-likeness (QED) is 0.0399. The highest BCUT2D eigenvalue weighted by molar-refractivity contribution is 8.93. The SMILES string of the molecule is Br.C.C=CC(=O)Cl.C=CC(=O)N1CCCC2(CC(n3c(NC(=O)c4ccc(C(F)F)s4)nc4cc(CN(C(=O)OCc5ccccc5)[C@@H](C)C(C)(C)C)ccc43)C2)C1.C=CC(=O)N1CCCC2(CC(n3c(NC(=O)c4ccc(C(F)F)s4)nc4cc(CN[C@@H](C)C(C)(C)C)ccc43)C2)C1.